The summed E-state index contributed by atoms with van der Waals surface area (Å²) in [5, 5.41) is 17.3. The number of non-ortho nitro benzene ring substituents is 1. The van der Waals surface area contributed by atoms with Gasteiger partial charge in [-0.2, -0.15) is 0 Å². The van der Waals surface area contributed by atoms with Gasteiger partial charge in [-0.3, -0.25) is 14.9 Å². The Balaban J connectivity index is 1.47. The van der Waals surface area contributed by atoms with Gasteiger partial charge in [0, 0.05) is 23.4 Å². The second kappa shape index (κ2) is 10.5. The number of nitro benzene ring substituents is 1. The lowest BCUT2D eigenvalue weighted by atomic mass is 10.2. The van der Waals surface area contributed by atoms with E-state index in [0.29, 0.717) is 23.6 Å². The highest BCUT2D eigenvalue weighted by Gasteiger charge is 2.14. The molecule has 31 heavy (non-hydrogen) atoms. The summed E-state index contributed by atoms with van der Waals surface area (Å²) in [5.74, 6) is 0.307. The molecule has 1 N–H and O–H groups in total. The largest absolute Gasteiger partial charge is 0.489 e. The maximum atomic E-state index is 12.3. The van der Waals surface area contributed by atoms with Crippen molar-refractivity contribution in [1.82, 2.24) is 0 Å². The fraction of sp³-hybridized carbons (Fsp3) is 0.130. The minimum atomic E-state index is -0.857. The molecule has 8 heteroatoms. The van der Waals surface area contributed by atoms with Crippen LogP contribution in [-0.4, -0.2) is 23.1 Å². The molecule has 3 rings (SSSR count). The predicted octanol–water partition coefficient (Wildman–Crippen LogP) is 4.55. The van der Waals surface area contributed by atoms with Crippen molar-refractivity contribution in [2.24, 2.45) is 5.16 Å². The zero-order valence-corrected chi connectivity index (χ0v) is 16.8. The molecule has 0 spiro atoms. The van der Waals surface area contributed by atoms with Crippen molar-refractivity contribution < 1.29 is 19.3 Å². The van der Waals surface area contributed by atoms with Gasteiger partial charge in [-0.05, 0) is 36.8 Å². The molecule has 0 heterocycles. The molecule has 3 aromatic carbocycles. The first-order valence-electron chi connectivity index (χ1n) is 9.52. The highest BCUT2D eigenvalue weighted by molar-refractivity contribution is 5.94. The highest BCUT2D eigenvalue weighted by atomic mass is 16.6. The number of nitro groups is 1. The van der Waals surface area contributed by atoms with Gasteiger partial charge >= 0.3 is 0 Å². The van der Waals surface area contributed by atoms with Gasteiger partial charge in [-0.25, -0.2) is 0 Å². The molecule has 158 valence electrons. The third-order valence-corrected chi connectivity index (χ3v) is 4.24. The number of benzene rings is 3. The Labute approximate surface area is 179 Å². The number of amides is 1. The molecular formula is C23H21N3O5. The van der Waals surface area contributed by atoms with Crippen molar-refractivity contribution in [2.45, 2.75) is 19.6 Å². The Morgan fingerprint density at radius 1 is 1.10 bits per heavy atom. The predicted molar refractivity (Wildman–Crippen MR) is 117 cm³/mol. The van der Waals surface area contributed by atoms with Gasteiger partial charge in [0.1, 0.15) is 12.4 Å². The lowest BCUT2D eigenvalue weighted by Gasteiger charge is -2.11. The van der Waals surface area contributed by atoms with Crippen LogP contribution in [0.25, 0.3) is 0 Å². The zero-order valence-electron chi connectivity index (χ0n) is 16.8. The van der Waals surface area contributed by atoms with Crippen LogP contribution in [0.15, 0.2) is 84.0 Å². The molecule has 0 saturated carbocycles. The molecule has 0 fully saturated rings. The van der Waals surface area contributed by atoms with Crippen LogP contribution in [0.3, 0.4) is 0 Å². The lowest BCUT2D eigenvalue weighted by molar-refractivity contribution is -0.384. The van der Waals surface area contributed by atoms with E-state index in [1.54, 1.807) is 43.3 Å². The number of nitrogens with zero attached hydrogens (tertiary/aromatic N) is 2. The Morgan fingerprint density at radius 2 is 1.84 bits per heavy atom. The fourth-order valence-corrected chi connectivity index (χ4v) is 2.57. The van der Waals surface area contributed by atoms with E-state index in [4.69, 9.17) is 9.57 Å². The van der Waals surface area contributed by atoms with E-state index >= 15 is 0 Å². The summed E-state index contributed by atoms with van der Waals surface area (Å²) in [6.45, 7) is 2.01. The van der Waals surface area contributed by atoms with Crippen molar-refractivity contribution in [2.75, 3.05) is 5.32 Å². The summed E-state index contributed by atoms with van der Waals surface area (Å²) >= 11 is 0. The minimum absolute atomic E-state index is 0.0501. The second-order valence-electron chi connectivity index (χ2n) is 6.62. The standard InChI is InChI=1S/C23H21N3O5/c1-17(31-24-15-19-8-5-9-21(14-19)26(28)29)23(27)25-20-10-12-22(13-11-20)30-16-18-6-3-2-4-7-18/h2-15,17H,16H2,1H3,(H,25,27)/b24-15+. The summed E-state index contributed by atoms with van der Waals surface area (Å²) in [5.41, 5.74) is 2.10. The van der Waals surface area contributed by atoms with Crippen LogP contribution in [-0.2, 0) is 16.2 Å². The number of hydrogen-bond acceptors (Lipinski definition) is 6. The first-order valence-corrected chi connectivity index (χ1v) is 9.52. The minimum Gasteiger partial charge on any atom is -0.489 e. The molecular weight excluding hydrogens is 398 g/mol. The van der Waals surface area contributed by atoms with E-state index in [-0.39, 0.29) is 11.6 Å². The number of hydrogen-bond donors (Lipinski definition) is 1. The Bertz CT molecular complexity index is 1050. The summed E-state index contributed by atoms with van der Waals surface area (Å²) in [4.78, 5) is 27.7. The number of rotatable bonds is 9. The lowest BCUT2D eigenvalue weighted by Crippen LogP contribution is -2.26. The van der Waals surface area contributed by atoms with Crippen molar-refractivity contribution in [3.8, 4) is 5.75 Å². The molecule has 3 aromatic rings. The molecule has 8 nitrogen and oxygen atoms in total. The summed E-state index contributed by atoms with van der Waals surface area (Å²) < 4.78 is 5.72. The van der Waals surface area contributed by atoms with Gasteiger partial charge in [0.15, 0.2) is 0 Å². The van der Waals surface area contributed by atoms with Gasteiger partial charge < -0.3 is 14.9 Å². The van der Waals surface area contributed by atoms with Crippen LogP contribution in [0.1, 0.15) is 18.1 Å². The molecule has 1 atom stereocenters. The van der Waals surface area contributed by atoms with Crippen molar-refractivity contribution in [1.29, 1.82) is 0 Å². The molecule has 0 bridgehead atoms. The zero-order chi connectivity index (χ0) is 22.1. The van der Waals surface area contributed by atoms with Gasteiger partial charge in [0.2, 0.25) is 6.10 Å². The molecule has 0 aliphatic rings. The van der Waals surface area contributed by atoms with E-state index in [0.717, 1.165) is 5.56 Å². The van der Waals surface area contributed by atoms with Crippen LogP contribution in [0.2, 0.25) is 0 Å². The Morgan fingerprint density at radius 3 is 2.55 bits per heavy atom. The Kier molecular flexibility index (Phi) is 7.31. The first-order chi connectivity index (χ1) is 15.0. The molecule has 0 saturated heterocycles. The van der Waals surface area contributed by atoms with E-state index in [2.05, 4.69) is 10.5 Å². The SMILES string of the molecule is CC(O/N=C/c1cccc([N+](=O)[O-])c1)C(=O)Nc1ccc(OCc2ccccc2)cc1. The van der Waals surface area contributed by atoms with E-state index < -0.39 is 11.0 Å². The van der Waals surface area contributed by atoms with Crippen molar-refractivity contribution in [3.63, 3.8) is 0 Å². The topological polar surface area (TPSA) is 103 Å². The first kappa shape index (κ1) is 21.5. The fourth-order valence-electron chi connectivity index (χ4n) is 2.57. The second-order valence-corrected chi connectivity index (χ2v) is 6.62. The van der Waals surface area contributed by atoms with Crippen molar-refractivity contribution >= 4 is 23.5 Å². The highest BCUT2D eigenvalue weighted by Crippen LogP contribution is 2.17. The van der Waals surface area contributed by atoms with Gasteiger partial charge in [0.05, 0.1) is 11.1 Å². The van der Waals surface area contributed by atoms with Crippen LogP contribution in [0, 0.1) is 10.1 Å². The number of carbonyl (C=O) groups is 1. The third kappa shape index (κ3) is 6.67. The van der Waals surface area contributed by atoms with Gasteiger partial charge in [0.25, 0.3) is 11.6 Å². The number of nitrogens with one attached hydrogen (secondary N) is 1. The van der Waals surface area contributed by atoms with Crippen LogP contribution in [0.4, 0.5) is 11.4 Å². The number of oxime groups is 1. The molecule has 0 aromatic heterocycles. The number of anilines is 1. The number of carbonyl (C=O) groups excluding carboxylic acids is 1. The van der Waals surface area contributed by atoms with E-state index in [1.165, 1.54) is 18.3 Å². The Hall–Kier alpha value is -4.20. The van der Waals surface area contributed by atoms with Gasteiger partial charge in [-0.15, -0.1) is 0 Å². The van der Waals surface area contributed by atoms with Crippen LogP contribution < -0.4 is 10.1 Å². The number of ether oxygens (including phenoxy) is 1. The van der Waals surface area contributed by atoms with E-state index in [1.807, 2.05) is 30.3 Å². The smallest absolute Gasteiger partial charge is 0.270 e. The van der Waals surface area contributed by atoms with E-state index in [9.17, 15) is 14.9 Å². The third-order valence-electron chi connectivity index (χ3n) is 4.24. The molecule has 0 radical (unpaired) electrons. The summed E-state index contributed by atoms with van der Waals surface area (Å²) in [6, 6.07) is 22.8. The van der Waals surface area contributed by atoms with Crippen LogP contribution >= 0.6 is 0 Å². The maximum Gasteiger partial charge on any atom is 0.270 e. The molecule has 1 amide bonds. The average molecular weight is 419 g/mol. The summed E-state index contributed by atoms with van der Waals surface area (Å²) in [7, 11) is 0. The molecule has 0 aliphatic carbocycles. The maximum absolute atomic E-state index is 12.3. The normalized spacial score (nSPS) is 11.6. The quantitative estimate of drug-likeness (QED) is 0.311. The molecule has 1 unspecified atom stereocenters. The monoisotopic (exact) mass is 419 g/mol. The average Bonchev–Trinajstić information content (AvgIpc) is 2.79. The van der Waals surface area contributed by atoms with Gasteiger partial charge in [-0.1, -0.05) is 47.6 Å². The summed E-state index contributed by atoms with van der Waals surface area (Å²) in [6.07, 6.45) is 0.458. The van der Waals surface area contributed by atoms with Crippen LogP contribution in [0.5, 0.6) is 5.75 Å². The molecule has 0 aliphatic heterocycles. The van der Waals surface area contributed by atoms with Crippen molar-refractivity contribution in [3.05, 3.63) is 100 Å².